The first kappa shape index (κ1) is 16.3. The summed E-state index contributed by atoms with van der Waals surface area (Å²) in [6.07, 6.45) is 4.96. The zero-order valence-electron chi connectivity index (χ0n) is 14.4. The Balaban J connectivity index is 1.51. The molecule has 1 aromatic heterocycles. The van der Waals surface area contributed by atoms with Crippen molar-refractivity contribution in [1.82, 2.24) is 9.55 Å². The molecule has 0 bridgehead atoms. The van der Waals surface area contributed by atoms with E-state index in [1.165, 1.54) is 11.1 Å². The van der Waals surface area contributed by atoms with Crippen molar-refractivity contribution in [3.63, 3.8) is 0 Å². The van der Waals surface area contributed by atoms with Gasteiger partial charge < -0.3 is 9.30 Å². The monoisotopic (exact) mass is 320 g/mol. The van der Waals surface area contributed by atoms with E-state index in [2.05, 4.69) is 52.9 Å². The highest BCUT2D eigenvalue weighted by atomic mass is 16.5. The third kappa shape index (κ3) is 4.48. The minimum absolute atomic E-state index is 0.564. The zero-order chi connectivity index (χ0) is 16.8. The second-order valence-corrected chi connectivity index (χ2v) is 6.35. The number of ether oxygens (including phenoxy) is 1. The van der Waals surface area contributed by atoms with Crippen LogP contribution in [-0.4, -0.2) is 9.55 Å². The molecule has 1 atom stereocenters. The van der Waals surface area contributed by atoms with Crippen LogP contribution in [0.4, 0.5) is 0 Å². The molecular weight excluding hydrogens is 296 g/mol. The SMILES string of the molecule is Cc1nccn1CC(C)Cc1ccc(OCc2ccccc2)cc1. The fraction of sp³-hybridized carbons (Fsp3) is 0.286. The lowest BCUT2D eigenvalue weighted by atomic mass is 10.0. The van der Waals surface area contributed by atoms with E-state index in [0.717, 1.165) is 24.5 Å². The van der Waals surface area contributed by atoms with Gasteiger partial charge in [0.1, 0.15) is 18.2 Å². The van der Waals surface area contributed by atoms with Gasteiger partial charge in [-0.15, -0.1) is 0 Å². The van der Waals surface area contributed by atoms with Crippen LogP contribution in [0.1, 0.15) is 23.9 Å². The van der Waals surface area contributed by atoms with Crippen LogP contribution in [0.15, 0.2) is 67.0 Å². The lowest BCUT2D eigenvalue weighted by Crippen LogP contribution is -2.10. The van der Waals surface area contributed by atoms with Crippen LogP contribution >= 0.6 is 0 Å². The Bertz CT molecular complexity index is 747. The van der Waals surface area contributed by atoms with Crippen molar-refractivity contribution in [2.75, 3.05) is 0 Å². The molecule has 124 valence electrons. The molecule has 3 nitrogen and oxygen atoms in total. The van der Waals surface area contributed by atoms with Gasteiger partial charge in [-0.25, -0.2) is 4.98 Å². The first-order chi connectivity index (χ1) is 11.7. The van der Waals surface area contributed by atoms with E-state index in [1.807, 2.05) is 37.5 Å². The Labute approximate surface area is 143 Å². The second-order valence-electron chi connectivity index (χ2n) is 6.35. The van der Waals surface area contributed by atoms with Crippen LogP contribution in [-0.2, 0) is 19.6 Å². The third-order valence-corrected chi connectivity index (χ3v) is 4.19. The van der Waals surface area contributed by atoms with E-state index in [0.29, 0.717) is 12.5 Å². The number of nitrogens with zero attached hydrogens (tertiary/aromatic N) is 2. The minimum Gasteiger partial charge on any atom is -0.489 e. The molecule has 0 N–H and O–H groups in total. The predicted molar refractivity (Wildman–Crippen MR) is 97.0 cm³/mol. The fourth-order valence-electron chi connectivity index (χ4n) is 2.86. The van der Waals surface area contributed by atoms with E-state index < -0.39 is 0 Å². The average Bonchev–Trinajstić information content (AvgIpc) is 3.00. The number of aromatic nitrogens is 2. The number of benzene rings is 2. The summed E-state index contributed by atoms with van der Waals surface area (Å²) in [6, 6.07) is 18.7. The average molecular weight is 320 g/mol. The van der Waals surface area contributed by atoms with Gasteiger partial charge in [-0.2, -0.15) is 0 Å². The smallest absolute Gasteiger partial charge is 0.119 e. The normalized spacial score (nSPS) is 12.1. The molecule has 2 aromatic carbocycles. The number of rotatable bonds is 7. The molecule has 0 spiro atoms. The van der Waals surface area contributed by atoms with Crippen molar-refractivity contribution in [1.29, 1.82) is 0 Å². The van der Waals surface area contributed by atoms with E-state index in [1.54, 1.807) is 0 Å². The van der Waals surface area contributed by atoms with Crippen molar-refractivity contribution in [3.8, 4) is 5.75 Å². The molecule has 0 amide bonds. The lowest BCUT2D eigenvalue weighted by molar-refractivity contribution is 0.306. The Morgan fingerprint density at radius 1 is 1.00 bits per heavy atom. The van der Waals surface area contributed by atoms with Gasteiger partial charge in [-0.05, 0) is 42.5 Å². The largest absolute Gasteiger partial charge is 0.489 e. The maximum Gasteiger partial charge on any atom is 0.119 e. The van der Waals surface area contributed by atoms with Crippen molar-refractivity contribution in [2.45, 2.75) is 33.4 Å². The van der Waals surface area contributed by atoms with Gasteiger partial charge in [-0.3, -0.25) is 0 Å². The highest BCUT2D eigenvalue weighted by Crippen LogP contribution is 2.17. The van der Waals surface area contributed by atoms with Crippen LogP contribution in [0.3, 0.4) is 0 Å². The Morgan fingerprint density at radius 3 is 2.42 bits per heavy atom. The summed E-state index contributed by atoms with van der Waals surface area (Å²) in [7, 11) is 0. The summed E-state index contributed by atoms with van der Waals surface area (Å²) in [5.74, 6) is 2.56. The first-order valence-corrected chi connectivity index (χ1v) is 8.44. The molecule has 0 saturated heterocycles. The van der Waals surface area contributed by atoms with Crippen LogP contribution < -0.4 is 4.74 Å². The van der Waals surface area contributed by atoms with Crippen LogP contribution in [0, 0.1) is 12.8 Å². The van der Waals surface area contributed by atoms with Crippen molar-refractivity contribution in [2.24, 2.45) is 5.92 Å². The second kappa shape index (κ2) is 7.82. The lowest BCUT2D eigenvalue weighted by Gasteiger charge is -2.14. The number of aryl methyl sites for hydroxylation is 1. The molecule has 0 aliphatic rings. The molecule has 0 aliphatic heterocycles. The molecule has 0 aliphatic carbocycles. The van der Waals surface area contributed by atoms with Crippen LogP contribution in [0.25, 0.3) is 0 Å². The topological polar surface area (TPSA) is 27.1 Å². The first-order valence-electron chi connectivity index (χ1n) is 8.44. The highest BCUT2D eigenvalue weighted by molar-refractivity contribution is 5.28. The molecule has 0 radical (unpaired) electrons. The Morgan fingerprint density at radius 2 is 1.75 bits per heavy atom. The van der Waals surface area contributed by atoms with Gasteiger partial charge in [0.2, 0.25) is 0 Å². The van der Waals surface area contributed by atoms with Crippen LogP contribution in [0.2, 0.25) is 0 Å². The maximum atomic E-state index is 5.84. The molecule has 1 unspecified atom stereocenters. The third-order valence-electron chi connectivity index (χ3n) is 4.19. The minimum atomic E-state index is 0.564. The Kier molecular flexibility index (Phi) is 5.32. The van der Waals surface area contributed by atoms with Crippen molar-refractivity contribution >= 4 is 0 Å². The van der Waals surface area contributed by atoms with Gasteiger partial charge in [0.25, 0.3) is 0 Å². The fourth-order valence-corrected chi connectivity index (χ4v) is 2.86. The quantitative estimate of drug-likeness (QED) is 0.633. The van der Waals surface area contributed by atoms with Crippen LogP contribution in [0.5, 0.6) is 5.75 Å². The number of imidazole rings is 1. The molecule has 0 saturated carbocycles. The molecular formula is C21H24N2O. The standard InChI is InChI=1S/C21H24N2O/c1-17(15-23-13-12-22-18(23)2)14-19-8-10-21(11-9-19)24-16-20-6-4-3-5-7-20/h3-13,17H,14-16H2,1-2H3. The van der Waals surface area contributed by atoms with E-state index in [-0.39, 0.29) is 0 Å². The molecule has 3 aromatic rings. The summed E-state index contributed by atoms with van der Waals surface area (Å²) < 4.78 is 8.05. The number of hydrogen-bond acceptors (Lipinski definition) is 2. The van der Waals surface area contributed by atoms with Crippen molar-refractivity contribution < 1.29 is 4.74 Å². The molecule has 24 heavy (non-hydrogen) atoms. The molecule has 1 heterocycles. The maximum absolute atomic E-state index is 5.84. The van der Waals surface area contributed by atoms with Gasteiger partial charge in [0, 0.05) is 18.9 Å². The summed E-state index contributed by atoms with van der Waals surface area (Å²) in [5, 5.41) is 0. The molecule has 3 rings (SSSR count). The zero-order valence-corrected chi connectivity index (χ0v) is 14.4. The summed E-state index contributed by atoms with van der Waals surface area (Å²) >= 11 is 0. The molecule has 3 heteroatoms. The Hall–Kier alpha value is -2.55. The van der Waals surface area contributed by atoms with E-state index in [9.17, 15) is 0 Å². The van der Waals surface area contributed by atoms with Gasteiger partial charge >= 0.3 is 0 Å². The van der Waals surface area contributed by atoms with E-state index in [4.69, 9.17) is 4.74 Å². The van der Waals surface area contributed by atoms with Gasteiger partial charge in [0.05, 0.1) is 0 Å². The van der Waals surface area contributed by atoms with Gasteiger partial charge in [0.15, 0.2) is 0 Å². The predicted octanol–water partition coefficient (Wildman–Crippen LogP) is 4.65. The summed E-state index contributed by atoms with van der Waals surface area (Å²) in [4.78, 5) is 4.28. The summed E-state index contributed by atoms with van der Waals surface area (Å²) in [6.45, 7) is 5.93. The van der Waals surface area contributed by atoms with Gasteiger partial charge in [-0.1, -0.05) is 49.4 Å². The highest BCUT2D eigenvalue weighted by Gasteiger charge is 2.07. The number of hydrogen-bond donors (Lipinski definition) is 0. The van der Waals surface area contributed by atoms with E-state index >= 15 is 0 Å². The van der Waals surface area contributed by atoms with Crippen molar-refractivity contribution in [3.05, 3.63) is 83.9 Å². The molecule has 0 fully saturated rings. The summed E-state index contributed by atoms with van der Waals surface area (Å²) in [5.41, 5.74) is 2.53.